The summed E-state index contributed by atoms with van der Waals surface area (Å²) < 4.78 is 24.1. The van der Waals surface area contributed by atoms with Gasteiger partial charge in [-0.05, 0) is 42.5 Å². The number of hydrogen-bond donors (Lipinski definition) is 1. The quantitative estimate of drug-likeness (QED) is 0.802. The molecule has 6 heteroatoms. The maximum atomic E-state index is 13.4. The van der Waals surface area contributed by atoms with E-state index in [0.29, 0.717) is 16.9 Å². The van der Waals surface area contributed by atoms with E-state index in [-0.39, 0.29) is 17.3 Å². The number of oxazole rings is 1. The van der Waals surface area contributed by atoms with Crippen LogP contribution in [-0.4, -0.2) is 18.0 Å². The number of amides is 1. The van der Waals surface area contributed by atoms with E-state index >= 15 is 0 Å². The van der Waals surface area contributed by atoms with Crippen LogP contribution in [-0.2, 0) is 0 Å². The summed E-state index contributed by atoms with van der Waals surface area (Å²) in [5, 5.41) is 0. The number of carbonyl (C=O) groups is 1. The lowest BCUT2D eigenvalue weighted by Crippen LogP contribution is -2.12. The molecule has 0 atom stereocenters. The number of benzene rings is 2. The number of nitrogens with zero attached hydrogens (tertiary/aromatic N) is 1. The second-order valence-corrected chi connectivity index (χ2v) is 4.80. The molecule has 0 bridgehead atoms. The average Bonchev–Trinajstić information content (AvgIpc) is 3.00. The van der Waals surface area contributed by atoms with Crippen molar-refractivity contribution in [2.75, 3.05) is 7.11 Å². The molecule has 0 fully saturated rings. The number of halogens is 1. The molecule has 1 heterocycles. The largest absolute Gasteiger partial charge is 0.497 e. The van der Waals surface area contributed by atoms with Gasteiger partial charge in [-0.3, -0.25) is 4.79 Å². The van der Waals surface area contributed by atoms with Gasteiger partial charge in [-0.15, -0.1) is 0 Å². The van der Waals surface area contributed by atoms with Crippen molar-refractivity contribution >= 4 is 5.91 Å². The summed E-state index contributed by atoms with van der Waals surface area (Å²) >= 11 is 0. The average molecular weight is 312 g/mol. The lowest BCUT2D eigenvalue weighted by atomic mass is 10.1. The number of methoxy groups -OCH3 is 1. The molecule has 23 heavy (non-hydrogen) atoms. The van der Waals surface area contributed by atoms with Crippen LogP contribution in [0.4, 0.5) is 4.39 Å². The summed E-state index contributed by atoms with van der Waals surface area (Å²) in [6.45, 7) is 0. The van der Waals surface area contributed by atoms with E-state index in [4.69, 9.17) is 14.9 Å². The van der Waals surface area contributed by atoms with Crippen LogP contribution in [0, 0.1) is 5.82 Å². The van der Waals surface area contributed by atoms with E-state index in [9.17, 15) is 9.18 Å². The van der Waals surface area contributed by atoms with Gasteiger partial charge < -0.3 is 14.9 Å². The molecule has 2 N–H and O–H groups in total. The monoisotopic (exact) mass is 312 g/mol. The van der Waals surface area contributed by atoms with E-state index in [1.807, 2.05) is 0 Å². The van der Waals surface area contributed by atoms with Crippen molar-refractivity contribution in [1.29, 1.82) is 0 Å². The first-order valence-corrected chi connectivity index (χ1v) is 6.79. The molecular weight excluding hydrogens is 299 g/mol. The molecule has 2 aromatic carbocycles. The number of ether oxygens (including phenoxy) is 1. The maximum Gasteiger partial charge on any atom is 0.271 e. The molecule has 0 spiro atoms. The number of aromatic nitrogens is 1. The van der Waals surface area contributed by atoms with Gasteiger partial charge in [0.1, 0.15) is 11.6 Å². The van der Waals surface area contributed by atoms with Crippen LogP contribution in [0.1, 0.15) is 10.5 Å². The predicted octanol–water partition coefficient (Wildman–Crippen LogP) is 3.26. The first kappa shape index (κ1) is 14.8. The van der Waals surface area contributed by atoms with Crippen molar-refractivity contribution in [1.82, 2.24) is 4.98 Å². The SMILES string of the molecule is COc1ccc(-c2oc(-c3cccc(F)c3)nc2C(N)=O)cc1. The summed E-state index contributed by atoms with van der Waals surface area (Å²) in [5.41, 5.74) is 6.41. The normalized spacial score (nSPS) is 10.5. The fourth-order valence-corrected chi connectivity index (χ4v) is 2.17. The zero-order chi connectivity index (χ0) is 16.4. The topological polar surface area (TPSA) is 78.3 Å². The first-order chi connectivity index (χ1) is 11.1. The summed E-state index contributed by atoms with van der Waals surface area (Å²) in [6, 6.07) is 12.7. The number of nitrogens with two attached hydrogens (primary N) is 1. The van der Waals surface area contributed by atoms with E-state index in [2.05, 4.69) is 4.98 Å². The summed E-state index contributed by atoms with van der Waals surface area (Å²) in [5.74, 6) is -0.114. The second-order valence-electron chi connectivity index (χ2n) is 4.80. The van der Waals surface area contributed by atoms with Gasteiger partial charge in [-0.1, -0.05) is 6.07 Å². The lowest BCUT2D eigenvalue weighted by Gasteiger charge is -2.01. The third kappa shape index (κ3) is 2.91. The van der Waals surface area contributed by atoms with E-state index in [1.54, 1.807) is 37.4 Å². The van der Waals surface area contributed by atoms with Crippen LogP contribution in [0.5, 0.6) is 5.75 Å². The Balaban J connectivity index is 2.10. The Hall–Kier alpha value is -3.15. The van der Waals surface area contributed by atoms with Gasteiger partial charge >= 0.3 is 0 Å². The Morgan fingerprint density at radius 2 is 1.91 bits per heavy atom. The van der Waals surface area contributed by atoms with E-state index in [0.717, 1.165) is 0 Å². The van der Waals surface area contributed by atoms with Crippen molar-refractivity contribution in [2.24, 2.45) is 5.73 Å². The summed E-state index contributed by atoms with van der Waals surface area (Å²) in [6.07, 6.45) is 0. The van der Waals surface area contributed by atoms with Gasteiger partial charge in [0.2, 0.25) is 5.89 Å². The highest BCUT2D eigenvalue weighted by molar-refractivity contribution is 5.97. The Bertz CT molecular complexity index is 857. The lowest BCUT2D eigenvalue weighted by molar-refractivity contribution is 0.0996. The van der Waals surface area contributed by atoms with Crippen molar-refractivity contribution in [3.05, 3.63) is 60.0 Å². The molecule has 0 radical (unpaired) electrons. The van der Waals surface area contributed by atoms with E-state index < -0.39 is 11.7 Å². The molecule has 1 aromatic heterocycles. The molecule has 0 aliphatic heterocycles. The Morgan fingerprint density at radius 1 is 1.17 bits per heavy atom. The number of carbonyl (C=O) groups excluding carboxylic acids is 1. The number of primary amides is 1. The highest BCUT2D eigenvalue weighted by Gasteiger charge is 2.20. The van der Waals surface area contributed by atoms with Crippen LogP contribution in [0.3, 0.4) is 0 Å². The molecule has 3 rings (SSSR count). The van der Waals surface area contributed by atoms with E-state index in [1.165, 1.54) is 18.2 Å². The van der Waals surface area contributed by atoms with Gasteiger partial charge in [0.15, 0.2) is 11.5 Å². The van der Waals surface area contributed by atoms with Crippen molar-refractivity contribution < 1.29 is 18.3 Å². The molecule has 1 amide bonds. The second kappa shape index (κ2) is 5.92. The standard InChI is InChI=1S/C17H13FN2O3/c1-22-13-7-5-10(6-8-13)15-14(16(19)21)20-17(23-15)11-3-2-4-12(18)9-11/h2-9H,1H3,(H2,19,21). The van der Waals surface area contributed by atoms with Crippen molar-refractivity contribution in [3.63, 3.8) is 0 Å². The summed E-state index contributed by atoms with van der Waals surface area (Å²) in [7, 11) is 1.56. The maximum absolute atomic E-state index is 13.4. The van der Waals surface area contributed by atoms with Gasteiger partial charge in [0.25, 0.3) is 5.91 Å². The molecule has 5 nitrogen and oxygen atoms in total. The minimum Gasteiger partial charge on any atom is -0.497 e. The van der Waals surface area contributed by atoms with Gasteiger partial charge in [0.05, 0.1) is 7.11 Å². The molecule has 3 aromatic rings. The molecule has 116 valence electrons. The first-order valence-electron chi connectivity index (χ1n) is 6.79. The predicted molar refractivity (Wildman–Crippen MR) is 82.4 cm³/mol. The zero-order valence-corrected chi connectivity index (χ0v) is 12.2. The van der Waals surface area contributed by atoms with Gasteiger partial charge in [-0.25, -0.2) is 9.37 Å². The minimum absolute atomic E-state index is 0.00516. The van der Waals surface area contributed by atoms with Crippen LogP contribution >= 0.6 is 0 Å². The Labute approximate surface area is 131 Å². The molecular formula is C17H13FN2O3. The third-order valence-electron chi connectivity index (χ3n) is 3.28. The third-order valence-corrected chi connectivity index (χ3v) is 3.28. The fraction of sp³-hybridized carbons (Fsp3) is 0.0588. The Morgan fingerprint density at radius 3 is 2.52 bits per heavy atom. The van der Waals surface area contributed by atoms with Crippen molar-refractivity contribution in [3.8, 4) is 28.5 Å². The smallest absolute Gasteiger partial charge is 0.271 e. The van der Waals surface area contributed by atoms with Crippen molar-refractivity contribution in [2.45, 2.75) is 0 Å². The van der Waals surface area contributed by atoms with Crippen LogP contribution in [0.15, 0.2) is 52.9 Å². The fourth-order valence-electron chi connectivity index (χ4n) is 2.17. The molecule has 0 saturated heterocycles. The van der Waals surface area contributed by atoms with Gasteiger partial charge in [0, 0.05) is 11.1 Å². The highest BCUT2D eigenvalue weighted by atomic mass is 19.1. The molecule has 0 unspecified atom stereocenters. The molecule has 0 aliphatic rings. The van der Waals surface area contributed by atoms with Crippen LogP contribution in [0.2, 0.25) is 0 Å². The van der Waals surface area contributed by atoms with Crippen LogP contribution in [0.25, 0.3) is 22.8 Å². The highest BCUT2D eigenvalue weighted by Crippen LogP contribution is 2.30. The minimum atomic E-state index is -0.720. The zero-order valence-electron chi connectivity index (χ0n) is 12.2. The van der Waals surface area contributed by atoms with Crippen LogP contribution < -0.4 is 10.5 Å². The summed E-state index contributed by atoms with van der Waals surface area (Å²) in [4.78, 5) is 15.7. The molecule has 0 aliphatic carbocycles. The number of rotatable bonds is 4. The molecule has 0 saturated carbocycles. The Kier molecular flexibility index (Phi) is 3.80. The number of hydrogen-bond acceptors (Lipinski definition) is 4. The van der Waals surface area contributed by atoms with Gasteiger partial charge in [-0.2, -0.15) is 0 Å².